The van der Waals surface area contributed by atoms with Crippen LogP contribution in [0.3, 0.4) is 0 Å². The quantitative estimate of drug-likeness (QED) is 0.481. The van der Waals surface area contributed by atoms with Crippen LogP contribution in [-0.4, -0.2) is 47.8 Å². The molecule has 0 radical (unpaired) electrons. The third-order valence-electron chi connectivity index (χ3n) is 5.59. The predicted molar refractivity (Wildman–Crippen MR) is 120 cm³/mol. The van der Waals surface area contributed by atoms with Gasteiger partial charge in [0.25, 0.3) is 0 Å². The van der Waals surface area contributed by atoms with Crippen LogP contribution in [0, 0.1) is 0 Å². The van der Waals surface area contributed by atoms with Gasteiger partial charge in [-0.05, 0) is 39.8 Å². The fourth-order valence-corrected chi connectivity index (χ4v) is 3.97. The van der Waals surface area contributed by atoms with Crippen LogP contribution in [-0.2, 0) is 20.8 Å². The summed E-state index contributed by atoms with van der Waals surface area (Å²) in [5, 5.41) is 4.87. The summed E-state index contributed by atoms with van der Waals surface area (Å²) in [5.41, 5.74) is 0.869. The zero-order valence-corrected chi connectivity index (χ0v) is 20.2. The molecule has 29 heavy (non-hydrogen) atoms. The predicted octanol–water partition coefficient (Wildman–Crippen LogP) is 4.21. The molecule has 6 nitrogen and oxygen atoms in total. The van der Waals surface area contributed by atoms with E-state index in [1.807, 2.05) is 45.9 Å². The van der Waals surface area contributed by atoms with E-state index in [-0.39, 0.29) is 0 Å². The number of hydrogen-bond donors (Lipinski definition) is 0. The van der Waals surface area contributed by atoms with Crippen LogP contribution in [0.1, 0.15) is 27.7 Å². The van der Waals surface area contributed by atoms with E-state index >= 15 is 0 Å². The Balaban J connectivity index is 1.73. The summed E-state index contributed by atoms with van der Waals surface area (Å²) in [5.74, 6) is 0.723. The Morgan fingerprint density at radius 3 is 2.38 bits per heavy atom. The SMILES string of the molecule is CC1(C)OB(c2ccc(-c3ncnn3COCC[Si](C)(C)C)cc2Cl)OC1(C)C. The largest absolute Gasteiger partial charge is 0.496 e. The van der Waals surface area contributed by atoms with Gasteiger partial charge in [0.1, 0.15) is 13.1 Å². The van der Waals surface area contributed by atoms with Crippen LogP contribution in [0.15, 0.2) is 24.5 Å². The number of nitrogens with zero attached hydrogens (tertiary/aromatic N) is 3. The van der Waals surface area contributed by atoms with Gasteiger partial charge in [0.05, 0.1) is 11.2 Å². The van der Waals surface area contributed by atoms with Gasteiger partial charge in [0, 0.05) is 30.7 Å². The summed E-state index contributed by atoms with van der Waals surface area (Å²) >= 11 is 6.60. The van der Waals surface area contributed by atoms with Crippen molar-refractivity contribution >= 4 is 32.3 Å². The maximum absolute atomic E-state index is 6.60. The number of rotatable bonds is 7. The maximum atomic E-state index is 6.60. The van der Waals surface area contributed by atoms with Gasteiger partial charge in [-0.25, -0.2) is 9.67 Å². The molecule has 2 heterocycles. The molecular formula is C20H31BClN3O3Si. The van der Waals surface area contributed by atoms with Crippen molar-refractivity contribution in [2.75, 3.05) is 6.61 Å². The highest BCUT2D eigenvalue weighted by molar-refractivity contribution is 6.76. The Labute approximate surface area is 180 Å². The summed E-state index contributed by atoms with van der Waals surface area (Å²) in [6.07, 6.45) is 1.53. The van der Waals surface area contributed by atoms with Gasteiger partial charge in [-0.15, -0.1) is 0 Å². The van der Waals surface area contributed by atoms with Crippen LogP contribution in [0.2, 0.25) is 30.7 Å². The molecule has 0 bridgehead atoms. The molecule has 9 heteroatoms. The van der Waals surface area contributed by atoms with Gasteiger partial charge < -0.3 is 14.0 Å². The van der Waals surface area contributed by atoms with E-state index in [0.29, 0.717) is 11.8 Å². The highest BCUT2D eigenvalue weighted by Gasteiger charge is 2.52. The topological polar surface area (TPSA) is 58.4 Å². The fourth-order valence-electron chi connectivity index (χ4n) is 2.94. The van der Waals surface area contributed by atoms with Crippen LogP contribution >= 0.6 is 11.6 Å². The molecule has 1 saturated heterocycles. The van der Waals surface area contributed by atoms with Gasteiger partial charge in [0.2, 0.25) is 0 Å². The molecule has 0 atom stereocenters. The van der Waals surface area contributed by atoms with E-state index < -0.39 is 26.4 Å². The number of benzene rings is 1. The molecule has 2 aromatic rings. The summed E-state index contributed by atoms with van der Waals surface area (Å²) in [7, 11) is -1.61. The molecule has 1 aliphatic rings. The highest BCUT2D eigenvalue weighted by Crippen LogP contribution is 2.37. The lowest BCUT2D eigenvalue weighted by Gasteiger charge is -2.32. The van der Waals surface area contributed by atoms with Gasteiger partial charge in [0.15, 0.2) is 5.82 Å². The maximum Gasteiger partial charge on any atom is 0.496 e. The molecule has 3 rings (SSSR count). The van der Waals surface area contributed by atoms with Gasteiger partial charge in [-0.1, -0.05) is 43.4 Å². The van der Waals surface area contributed by atoms with Gasteiger partial charge in [-0.3, -0.25) is 0 Å². The van der Waals surface area contributed by atoms with Crippen molar-refractivity contribution < 1.29 is 14.0 Å². The third-order valence-corrected chi connectivity index (χ3v) is 7.62. The summed E-state index contributed by atoms with van der Waals surface area (Å²) in [4.78, 5) is 4.39. The minimum atomic E-state index is -1.12. The molecule has 1 aliphatic heterocycles. The molecule has 1 fully saturated rings. The standard InChI is InChI=1S/C20H31BClN3O3Si/c1-19(2)20(3,4)28-21(27-19)16-9-8-15(12-17(16)22)18-23-13-24-25(18)14-26-10-11-29(5,6)7/h8-9,12-13H,10-11,14H2,1-7H3. The zero-order chi connectivity index (χ0) is 21.4. The molecular weight excluding hydrogens is 405 g/mol. The van der Waals surface area contributed by atoms with E-state index in [4.69, 9.17) is 25.6 Å². The number of halogens is 1. The van der Waals surface area contributed by atoms with Gasteiger partial charge >= 0.3 is 7.12 Å². The monoisotopic (exact) mass is 435 g/mol. The number of aromatic nitrogens is 3. The fraction of sp³-hybridized carbons (Fsp3) is 0.600. The van der Waals surface area contributed by atoms with Crippen molar-refractivity contribution in [1.82, 2.24) is 14.8 Å². The Bertz CT molecular complexity index is 851. The second kappa shape index (κ2) is 8.15. The van der Waals surface area contributed by atoms with Crippen LogP contribution in [0.5, 0.6) is 0 Å². The lowest BCUT2D eigenvalue weighted by atomic mass is 9.78. The van der Waals surface area contributed by atoms with Gasteiger partial charge in [-0.2, -0.15) is 5.10 Å². The molecule has 0 unspecified atom stereocenters. The Morgan fingerprint density at radius 1 is 1.14 bits per heavy atom. The first kappa shape index (κ1) is 22.5. The van der Waals surface area contributed by atoms with Crippen LogP contribution in [0.25, 0.3) is 11.4 Å². The van der Waals surface area contributed by atoms with E-state index in [9.17, 15) is 0 Å². The number of ether oxygens (including phenoxy) is 1. The van der Waals surface area contributed by atoms with E-state index in [1.165, 1.54) is 6.33 Å². The van der Waals surface area contributed by atoms with Crippen molar-refractivity contribution in [2.45, 2.75) is 71.3 Å². The van der Waals surface area contributed by atoms with Crippen molar-refractivity contribution in [3.63, 3.8) is 0 Å². The molecule has 158 valence electrons. The summed E-state index contributed by atoms with van der Waals surface area (Å²) in [6.45, 7) is 16.2. The van der Waals surface area contributed by atoms with Crippen molar-refractivity contribution in [2.24, 2.45) is 0 Å². The smallest absolute Gasteiger partial charge is 0.399 e. The average Bonchev–Trinajstić information content (AvgIpc) is 3.12. The molecule has 0 spiro atoms. The first-order valence-electron chi connectivity index (χ1n) is 10.0. The minimum Gasteiger partial charge on any atom is -0.399 e. The van der Waals surface area contributed by atoms with E-state index in [1.54, 1.807) is 4.68 Å². The molecule has 1 aromatic carbocycles. The molecule has 0 amide bonds. The summed E-state index contributed by atoms with van der Waals surface area (Å²) < 4.78 is 19.8. The van der Waals surface area contributed by atoms with Crippen molar-refractivity contribution in [1.29, 1.82) is 0 Å². The molecule has 0 aliphatic carbocycles. The summed E-state index contributed by atoms with van der Waals surface area (Å²) in [6, 6.07) is 6.90. The number of hydrogen-bond acceptors (Lipinski definition) is 5. The second-order valence-electron chi connectivity index (χ2n) is 9.76. The average molecular weight is 436 g/mol. The molecule has 1 aromatic heterocycles. The Kier molecular flexibility index (Phi) is 6.32. The Hall–Kier alpha value is -1.19. The Morgan fingerprint density at radius 2 is 1.79 bits per heavy atom. The zero-order valence-electron chi connectivity index (χ0n) is 18.5. The third kappa shape index (κ3) is 5.11. The molecule has 0 saturated carbocycles. The first-order chi connectivity index (χ1) is 13.4. The van der Waals surface area contributed by atoms with E-state index in [0.717, 1.165) is 29.5 Å². The van der Waals surface area contributed by atoms with E-state index in [2.05, 4.69) is 29.7 Å². The van der Waals surface area contributed by atoms with Crippen LogP contribution in [0.4, 0.5) is 0 Å². The normalized spacial score (nSPS) is 18.4. The molecule has 0 N–H and O–H groups in total. The highest BCUT2D eigenvalue weighted by atomic mass is 35.5. The van der Waals surface area contributed by atoms with Crippen molar-refractivity contribution in [3.05, 3.63) is 29.5 Å². The first-order valence-corrected chi connectivity index (χ1v) is 14.1. The van der Waals surface area contributed by atoms with Crippen LogP contribution < -0.4 is 5.46 Å². The lowest BCUT2D eigenvalue weighted by Crippen LogP contribution is -2.41. The lowest BCUT2D eigenvalue weighted by molar-refractivity contribution is 0.00578. The minimum absolute atomic E-state index is 0.371. The van der Waals surface area contributed by atoms with Crippen molar-refractivity contribution in [3.8, 4) is 11.4 Å². The second-order valence-corrected chi connectivity index (χ2v) is 15.8.